The molecule has 0 aliphatic carbocycles. The quantitative estimate of drug-likeness (QED) is 0.507. The van der Waals surface area contributed by atoms with Gasteiger partial charge in [-0.1, -0.05) is 74.5 Å². The number of rotatable bonds is 10. The normalized spacial score (nSPS) is 14.0. The molecule has 0 amide bonds. The van der Waals surface area contributed by atoms with Crippen LogP contribution in [0.1, 0.15) is 40.5 Å². The standard InChI is InChI=1S/C24H40O4Si3/c1-9-24(10-2,28-30(7,8)26)31(21-17-13-11-14-18-21,22-19-15-12-16-20-22)27-23(3,4)29(5,6)25/h11-20,25-26H,9-10H2,1-8H3. The Hall–Kier alpha value is -1.07. The molecule has 0 aromatic heterocycles. The van der Waals surface area contributed by atoms with Gasteiger partial charge in [-0.15, -0.1) is 0 Å². The Kier molecular flexibility index (Phi) is 7.96. The molecule has 0 spiro atoms. The van der Waals surface area contributed by atoms with Gasteiger partial charge >= 0.3 is 8.56 Å². The highest BCUT2D eigenvalue weighted by atomic mass is 28.4. The molecule has 172 valence electrons. The maximum Gasteiger partial charge on any atom is 0.329 e. The maximum atomic E-state index is 11.2. The van der Waals surface area contributed by atoms with Gasteiger partial charge in [0.1, 0.15) is 0 Å². The smallest absolute Gasteiger partial charge is 0.329 e. The Morgan fingerprint density at radius 1 is 0.710 bits per heavy atom. The molecule has 2 aromatic carbocycles. The number of hydrogen-bond acceptors (Lipinski definition) is 4. The van der Waals surface area contributed by atoms with Crippen molar-refractivity contribution < 1.29 is 18.4 Å². The van der Waals surface area contributed by atoms with Gasteiger partial charge in [0, 0.05) is 0 Å². The van der Waals surface area contributed by atoms with Crippen LogP contribution in [-0.2, 0) is 8.85 Å². The van der Waals surface area contributed by atoms with Crippen LogP contribution in [0.5, 0.6) is 0 Å². The van der Waals surface area contributed by atoms with Crippen molar-refractivity contribution in [2.24, 2.45) is 0 Å². The zero-order chi connectivity index (χ0) is 23.6. The van der Waals surface area contributed by atoms with E-state index in [0.29, 0.717) is 12.8 Å². The van der Waals surface area contributed by atoms with Crippen LogP contribution in [0.25, 0.3) is 0 Å². The summed E-state index contributed by atoms with van der Waals surface area (Å²) in [5, 5.41) is 0.756. The molecule has 0 fully saturated rings. The fourth-order valence-electron chi connectivity index (χ4n) is 4.20. The van der Waals surface area contributed by atoms with Crippen LogP contribution in [0.15, 0.2) is 60.7 Å². The zero-order valence-electron chi connectivity index (χ0n) is 20.4. The van der Waals surface area contributed by atoms with Crippen molar-refractivity contribution in [3.05, 3.63) is 60.7 Å². The third-order valence-corrected chi connectivity index (χ3v) is 16.0. The first-order chi connectivity index (χ1) is 14.2. The lowest BCUT2D eigenvalue weighted by Crippen LogP contribution is -2.80. The van der Waals surface area contributed by atoms with Gasteiger partial charge in [0.2, 0.25) is 8.32 Å². The van der Waals surface area contributed by atoms with Crippen LogP contribution in [0.3, 0.4) is 0 Å². The Morgan fingerprint density at radius 3 is 1.39 bits per heavy atom. The summed E-state index contributed by atoms with van der Waals surface area (Å²) in [6.45, 7) is 15.7. The van der Waals surface area contributed by atoms with Crippen molar-refractivity contribution in [2.75, 3.05) is 0 Å². The lowest BCUT2D eigenvalue weighted by Gasteiger charge is -2.54. The van der Waals surface area contributed by atoms with E-state index < -0.39 is 35.6 Å². The molecule has 31 heavy (non-hydrogen) atoms. The second kappa shape index (κ2) is 9.43. The van der Waals surface area contributed by atoms with Crippen molar-refractivity contribution in [2.45, 2.75) is 77.2 Å². The molecule has 2 aromatic rings. The predicted molar refractivity (Wildman–Crippen MR) is 137 cm³/mol. The van der Waals surface area contributed by atoms with Gasteiger partial charge in [-0.3, -0.25) is 0 Å². The molecule has 0 heterocycles. The SMILES string of the molecule is CCC(CC)(O[Si](C)(C)O)[Si](OC(C)(C)[Si](C)(C)O)(c1ccccc1)c1ccccc1. The zero-order valence-corrected chi connectivity index (χ0v) is 23.4. The topological polar surface area (TPSA) is 58.9 Å². The lowest BCUT2D eigenvalue weighted by atomic mass is 10.2. The average Bonchev–Trinajstić information content (AvgIpc) is 2.70. The van der Waals surface area contributed by atoms with Gasteiger partial charge in [0.15, 0.2) is 0 Å². The molecule has 0 aliphatic rings. The van der Waals surface area contributed by atoms with Crippen molar-refractivity contribution >= 4 is 35.6 Å². The van der Waals surface area contributed by atoms with E-state index in [0.717, 1.165) is 10.4 Å². The van der Waals surface area contributed by atoms with E-state index in [4.69, 9.17) is 8.85 Å². The van der Waals surface area contributed by atoms with E-state index >= 15 is 0 Å². The minimum absolute atomic E-state index is 0.694. The summed E-state index contributed by atoms with van der Waals surface area (Å²) in [4.78, 5) is 22.2. The van der Waals surface area contributed by atoms with E-state index in [2.05, 4.69) is 38.1 Å². The van der Waals surface area contributed by atoms with Gasteiger partial charge in [-0.25, -0.2) is 0 Å². The van der Waals surface area contributed by atoms with Gasteiger partial charge in [0.05, 0.1) is 10.4 Å². The van der Waals surface area contributed by atoms with E-state index in [9.17, 15) is 9.59 Å². The molecular weight excluding hydrogens is 437 g/mol. The van der Waals surface area contributed by atoms with Gasteiger partial charge < -0.3 is 18.4 Å². The van der Waals surface area contributed by atoms with Crippen molar-refractivity contribution in [3.63, 3.8) is 0 Å². The first-order valence-corrected chi connectivity index (χ1v) is 18.9. The Morgan fingerprint density at radius 2 is 1.10 bits per heavy atom. The van der Waals surface area contributed by atoms with Gasteiger partial charge in [-0.05, 0) is 63.3 Å². The highest BCUT2D eigenvalue weighted by molar-refractivity contribution is 7.00. The molecule has 0 saturated carbocycles. The third-order valence-electron chi connectivity index (χ3n) is 6.47. The van der Waals surface area contributed by atoms with Crippen LogP contribution < -0.4 is 10.4 Å². The molecule has 0 bridgehead atoms. The third kappa shape index (κ3) is 5.30. The van der Waals surface area contributed by atoms with Crippen molar-refractivity contribution in [1.82, 2.24) is 0 Å². The number of hydrogen-bond donors (Lipinski definition) is 2. The first kappa shape index (κ1) is 26.2. The Balaban J connectivity index is 2.99. The fraction of sp³-hybridized carbons (Fsp3) is 0.500. The molecule has 2 rings (SSSR count). The summed E-state index contributed by atoms with van der Waals surface area (Å²) >= 11 is 0. The molecular formula is C24H40O4Si3. The predicted octanol–water partition coefficient (Wildman–Crippen LogP) is 4.09. The second-order valence-corrected chi connectivity index (χ2v) is 20.9. The molecule has 0 atom stereocenters. The molecule has 2 N–H and O–H groups in total. The second-order valence-electron chi connectivity index (χ2n) is 9.83. The van der Waals surface area contributed by atoms with Crippen molar-refractivity contribution in [1.29, 1.82) is 0 Å². The van der Waals surface area contributed by atoms with Gasteiger partial charge in [0.25, 0.3) is 8.32 Å². The molecule has 0 unspecified atom stereocenters. The van der Waals surface area contributed by atoms with E-state index in [1.165, 1.54) is 0 Å². The Labute approximate surface area is 191 Å². The lowest BCUT2D eigenvalue weighted by molar-refractivity contribution is 0.0543. The molecule has 0 saturated heterocycles. The van der Waals surface area contributed by atoms with Crippen LogP contribution in [0.2, 0.25) is 26.2 Å². The maximum absolute atomic E-state index is 11.2. The summed E-state index contributed by atoms with van der Waals surface area (Å²) in [6.07, 6.45) is 1.39. The summed E-state index contributed by atoms with van der Waals surface area (Å²) in [6, 6.07) is 20.7. The van der Waals surface area contributed by atoms with E-state index in [-0.39, 0.29) is 0 Å². The summed E-state index contributed by atoms with van der Waals surface area (Å²) < 4.78 is 14.0. The average molecular weight is 477 g/mol. The summed E-state index contributed by atoms with van der Waals surface area (Å²) in [5.41, 5.74) is 0. The summed E-state index contributed by atoms with van der Waals surface area (Å²) in [5.74, 6) is 0. The van der Waals surface area contributed by atoms with Crippen molar-refractivity contribution in [3.8, 4) is 0 Å². The minimum Gasteiger partial charge on any atom is -0.429 e. The molecule has 0 radical (unpaired) electrons. The molecule has 0 aliphatic heterocycles. The largest absolute Gasteiger partial charge is 0.429 e. The van der Waals surface area contributed by atoms with E-state index in [1.807, 2.05) is 76.4 Å². The minimum atomic E-state index is -3.16. The molecule has 7 heteroatoms. The van der Waals surface area contributed by atoms with Crippen LogP contribution in [-0.4, -0.2) is 45.2 Å². The van der Waals surface area contributed by atoms with Crippen LogP contribution >= 0.6 is 0 Å². The van der Waals surface area contributed by atoms with Crippen LogP contribution in [0, 0.1) is 0 Å². The van der Waals surface area contributed by atoms with Gasteiger partial charge in [-0.2, -0.15) is 0 Å². The first-order valence-electron chi connectivity index (χ1n) is 11.2. The highest BCUT2D eigenvalue weighted by Gasteiger charge is 2.62. The highest BCUT2D eigenvalue weighted by Crippen LogP contribution is 2.39. The Bertz CT molecular complexity index is 784. The number of benzene rings is 2. The monoisotopic (exact) mass is 476 g/mol. The van der Waals surface area contributed by atoms with E-state index in [1.54, 1.807) is 0 Å². The summed E-state index contributed by atoms with van der Waals surface area (Å²) in [7, 11) is -8.80. The molecule has 4 nitrogen and oxygen atoms in total. The fourth-order valence-corrected chi connectivity index (χ4v) is 13.1. The van der Waals surface area contributed by atoms with Crippen LogP contribution in [0.4, 0.5) is 0 Å².